The van der Waals surface area contributed by atoms with E-state index in [0.29, 0.717) is 11.7 Å². The molecule has 0 heterocycles. The lowest BCUT2D eigenvalue weighted by molar-refractivity contribution is -0.121. The van der Waals surface area contributed by atoms with Gasteiger partial charge in [0.1, 0.15) is 0 Å². The number of ether oxygens (including phenoxy) is 1. The Hall–Kier alpha value is -0.790. The molecule has 0 aromatic carbocycles. The standard InChI is InChI=1S/C10H16O2/c1-5-8-6(2)7(3)10(12-4)9(8)11/h6,8H,5H2,1-4H3. The Kier molecular flexibility index (Phi) is 2.55. The Morgan fingerprint density at radius 2 is 2.08 bits per heavy atom. The quantitative estimate of drug-likeness (QED) is 0.631. The second-order valence-electron chi connectivity index (χ2n) is 3.38. The van der Waals surface area contributed by atoms with Crippen LogP contribution in [0.1, 0.15) is 27.2 Å². The van der Waals surface area contributed by atoms with E-state index in [1.807, 2.05) is 13.8 Å². The van der Waals surface area contributed by atoms with E-state index in [2.05, 4.69) is 6.92 Å². The number of hydrogen-bond donors (Lipinski definition) is 0. The fourth-order valence-electron chi connectivity index (χ4n) is 1.90. The number of carbonyl (C=O) groups is 1. The van der Waals surface area contributed by atoms with Crippen LogP contribution >= 0.6 is 0 Å². The molecule has 2 heteroatoms. The maximum atomic E-state index is 11.6. The largest absolute Gasteiger partial charge is 0.493 e. The maximum absolute atomic E-state index is 11.6. The first-order valence-electron chi connectivity index (χ1n) is 4.42. The molecule has 1 rings (SSSR count). The van der Waals surface area contributed by atoms with Crippen molar-refractivity contribution in [2.75, 3.05) is 7.11 Å². The summed E-state index contributed by atoms with van der Waals surface area (Å²) in [6.07, 6.45) is 0.907. The van der Waals surface area contributed by atoms with Gasteiger partial charge >= 0.3 is 0 Å². The van der Waals surface area contributed by atoms with Gasteiger partial charge in [-0.15, -0.1) is 0 Å². The molecule has 0 saturated carbocycles. The fraction of sp³-hybridized carbons (Fsp3) is 0.700. The summed E-state index contributed by atoms with van der Waals surface area (Å²) in [6, 6.07) is 0. The van der Waals surface area contributed by atoms with E-state index in [1.54, 1.807) is 7.11 Å². The minimum absolute atomic E-state index is 0.153. The highest BCUT2D eigenvalue weighted by molar-refractivity contribution is 5.99. The number of ketones is 1. The van der Waals surface area contributed by atoms with E-state index in [9.17, 15) is 4.79 Å². The first-order valence-corrected chi connectivity index (χ1v) is 4.42. The molecule has 2 unspecified atom stereocenters. The zero-order valence-electron chi connectivity index (χ0n) is 8.18. The van der Waals surface area contributed by atoms with E-state index in [-0.39, 0.29) is 11.7 Å². The van der Waals surface area contributed by atoms with E-state index >= 15 is 0 Å². The predicted octanol–water partition coefficient (Wildman–Crippen LogP) is 2.15. The molecule has 12 heavy (non-hydrogen) atoms. The van der Waals surface area contributed by atoms with Crippen molar-refractivity contribution in [2.45, 2.75) is 27.2 Å². The van der Waals surface area contributed by atoms with E-state index in [1.165, 1.54) is 0 Å². The van der Waals surface area contributed by atoms with Gasteiger partial charge in [-0.05, 0) is 24.8 Å². The van der Waals surface area contributed by atoms with Crippen LogP contribution in [0.3, 0.4) is 0 Å². The van der Waals surface area contributed by atoms with E-state index in [0.717, 1.165) is 12.0 Å². The van der Waals surface area contributed by atoms with Gasteiger partial charge in [0, 0.05) is 5.92 Å². The zero-order chi connectivity index (χ0) is 9.30. The lowest BCUT2D eigenvalue weighted by atomic mass is 9.91. The highest BCUT2D eigenvalue weighted by Crippen LogP contribution is 2.35. The van der Waals surface area contributed by atoms with Crippen LogP contribution in [0.5, 0.6) is 0 Å². The van der Waals surface area contributed by atoms with Crippen molar-refractivity contribution >= 4 is 5.78 Å². The van der Waals surface area contributed by atoms with Gasteiger partial charge in [-0.1, -0.05) is 13.8 Å². The smallest absolute Gasteiger partial charge is 0.200 e. The molecule has 2 nitrogen and oxygen atoms in total. The van der Waals surface area contributed by atoms with Crippen LogP contribution in [0.15, 0.2) is 11.3 Å². The monoisotopic (exact) mass is 168 g/mol. The van der Waals surface area contributed by atoms with Crippen LogP contribution in [0.4, 0.5) is 0 Å². The summed E-state index contributed by atoms with van der Waals surface area (Å²) < 4.78 is 5.07. The van der Waals surface area contributed by atoms with Gasteiger partial charge in [0.25, 0.3) is 0 Å². The SMILES string of the molecule is CCC1C(=O)C(OC)=C(C)C1C. The van der Waals surface area contributed by atoms with E-state index in [4.69, 9.17) is 4.74 Å². The average molecular weight is 168 g/mol. The van der Waals surface area contributed by atoms with Gasteiger partial charge in [0.2, 0.25) is 5.78 Å². The Balaban J connectivity index is 2.94. The molecule has 0 aromatic heterocycles. The summed E-state index contributed by atoms with van der Waals surface area (Å²) in [4.78, 5) is 11.6. The first kappa shape index (κ1) is 9.30. The maximum Gasteiger partial charge on any atom is 0.200 e. The van der Waals surface area contributed by atoms with Crippen molar-refractivity contribution in [3.8, 4) is 0 Å². The van der Waals surface area contributed by atoms with Crippen LogP contribution in [-0.2, 0) is 9.53 Å². The molecule has 0 radical (unpaired) electrons. The Bertz CT molecular complexity index is 228. The van der Waals surface area contributed by atoms with Crippen molar-refractivity contribution < 1.29 is 9.53 Å². The molecule has 0 spiro atoms. The Labute approximate surface area is 73.6 Å². The topological polar surface area (TPSA) is 26.3 Å². The van der Waals surface area contributed by atoms with Crippen molar-refractivity contribution in [3.63, 3.8) is 0 Å². The molecule has 68 valence electrons. The third kappa shape index (κ3) is 1.15. The summed E-state index contributed by atoms with van der Waals surface area (Å²) in [5, 5.41) is 0. The van der Waals surface area contributed by atoms with Gasteiger partial charge in [-0.25, -0.2) is 0 Å². The molecule has 0 N–H and O–H groups in total. The third-order valence-corrected chi connectivity index (χ3v) is 2.85. The van der Waals surface area contributed by atoms with Crippen molar-refractivity contribution in [1.29, 1.82) is 0 Å². The van der Waals surface area contributed by atoms with Crippen molar-refractivity contribution in [1.82, 2.24) is 0 Å². The normalized spacial score (nSPS) is 29.8. The molecule has 2 atom stereocenters. The summed E-state index contributed by atoms with van der Waals surface area (Å²) in [7, 11) is 1.57. The third-order valence-electron chi connectivity index (χ3n) is 2.85. The highest BCUT2D eigenvalue weighted by Gasteiger charge is 2.36. The second kappa shape index (κ2) is 3.30. The van der Waals surface area contributed by atoms with Gasteiger partial charge in [0.05, 0.1) is 7.11 Å². The minimum atomic E-state index is 0.153. The van der Waals surface area contributed by atoms with Crippen LogP contribution < -0.4 is 0 Å². The lowest BCUT2D eigenvalue weighted by Crippen LogP contribution is -2.14. The highest BCUT2D eigenvalue weighted by atomic mass is 16.5. The van der Waals surface area contributed by atoms with Crippen LogP contribution in [-0.4, -0.2) is 12.9 Å². The summed E-state index contributed by atoms with van der Waals surface area (Å²) in [6.45, 7) is 6.12. The fourth-order valence-corrected chi connectivity index (χ4v) is 1.90. The number of hydrogen-bond acceptors (Lipinski definition) is 2. The predicted molar refractivity (Wildman–Crippen MR) is 47.7 cm³/mol. The van der Waals surface area contributed by atoms with Crippen LogP contribution in [0.25, 0.3) is 0 Å². The Morgan fingerprint density at radius 3 is 2.33 bits per heavy atom. The zero-order valence-corrected chi connectivity index (χ0v) is 8.18. The van der Waals surface area contributed by atoms with Gasteiger partial charge in [0.15, 0.2) is 5.76 Å². The number of Topliss-reactive ketones (excluding diaryl/α,β-unsaturated/α-hetero) is 1. The molecule has 1 aliphatic carbocycles. The number of methoxy groups -OCH3 is 1. The summed E-state index contributed by atoms with van der Waals surface area (Å²) in [5.41, 5.74) is 1.11. The van der Waals surface area contributed by atoms with Crippen LogP contribution in [0.2, 0.25) is 0 Å². The van der Waals surface area contributed by atoms with Crippen molar-refractivity contribution in [3.05, 3.63) is 11.3 Å². The molecular weight excluding hydrogens is 152 g/mol. The molecule has 0 aliphatic heterocycles. The molecular formula is C10H16O2. The molecule has 0 bridgehead atoms. The molecule has 0 aromatic rings. The summed E-state index contributed by atoms with van der Waals surface area (Å²) >= 11 is 0. The Morgan fingerprint density at radius 1 is 1.50 bits per heavy atom. The second-order valence-corrected chi connectivity index (χ2v) is 3.38. The summed E-state index contributed by atoms with van der Waals surface area (Å²) in [5.74, 6) is 1.29. The lowest BCUT2D eigenvalue weighted by Gasteiger charge is -2.11. The molecule has 1 aliphatic rings. The van der Waals surface area contributed by atoms with E-state index < -0.39 is 0 Å². The van der Waals surface area contributed by atoms with Crippen molar-refractivity contribution in [2.24, 2.45) is 11.8 Å². The molecule has 0 amide bonds. The van der Waals surface area contributed by atoms with Crippen LogP contribution in [0, 0.1) is 11.8 Å². The molecule has 0 fully saturated rings. The van der Waals surface area contributed by atoms with Gasteiger partial charge < -0.3 is 4.74 Å². The van der Waals surface area contributed by atoms with Gasteiger partial charge in [-0.2, -0.15) is 0 Å². The molecule has 0 saturated heterocycles. The number of rotatable bonds is 2. The number of carbonyl (C=O) groups excluding carboxylic acids is 1. The minimum Gasteiger partial charge on any atom is -0.493 e. The number of allylic oxidation sites excluding steroid dienone is 2. The average Bonchev–Trinajstić information content (AvgIpc) is 2.25. The van der Waals surface area contributed by atoms with Gasteiger partial charge in [-0.3, -0.25) is 4.79 Å². The first-order chi connectivity index (χ1) is 5.63.